The van der Waals surface area contributed by atoms with Gasteiger partial charge >= 0.3 is 0 Å². The fourth-order valence-electron chi connectivity index (χ4n) is 8.01. The molecule has 0 fully saturated rings. The van der Waals surface area contributed by atoms with Crippen molar-refractivity contribution in [1.29, 1.82) is 0 Å². The van der Waals surface area contributed by atoms with Crippen LogP contribution in [0, 0.1) is 0 Å². The Morgan fingerprint density at radius 1 is 0.333 bits per heavy atom. The molecule has 1 aliphatic carbocycles. The van der Waals surface area contributed by atoms with E-state index < -0.39 is 0 Å². The van der Waals surface area contributed by atoms with Crippen LogP contribution in [0.25, 0.3) is 87.2 Å². The van der Waals surface area contributed by atoms with Gasteiger partial charge in [0.2, 0.25) is 0 Å². The minimum atomic E-state index is 0.924. The maximum Gasteiger partial charge on any atom is -0.000683 e. The highest BCUT2D eigenvalue weighted by atomic mass is 14.3. The number of benzene rings is 9. The van der Waals surface area contributed by atoms with Crippen LogP contribution in [0.1, 0.15) is 11.1 Å². The Bertz CT molecular complexity index is 2660. The first-order chi connectivity index (χ1) is 22.3. The Morgan fingerprint density at radius 2 is 0.956 bits per heavy atom. The second-order valence-electron chi connectivity index (χ2n) is 12.4. The van der Waals surface area contributed by atoms with Crippen molar-refractivity contribution in [2.75, 3.05) is 0 Å². The van der Waals surface area contributed by atoms with Crippen molar-refractivity contribution in [3.05, 3.63) is 169 Å². The Morgan fingerprint density at radius 3 is 1.82 bits per heavy atom. The third-order valence-electron chi connectivity index (χ3n) is 10.1. The highest BCUT2D eigenvalue weighted by Gasteiger charge is 2.24. The third-order valence-corrected chi connectivity index (χ3v) is 10.1. The summed E-state index contributed by atoms with van der Waals surface area (Å²) in [4.78, 5) is 0. The molecule has 0 spiro atoms. The van der Waals surface area contributed by atoms with Gasteiger partial charge in [-0.05, 0) is 117 Å². The van der Waals surface area contributed by atoms with E-state index in [2.05, 4.69) is 158 Å². The summed E-state index contributed by atoms with van der Waals surface area (Å²) in [5, 5.41) is 13.2. The van der Waals surface area contributed by atoms with Crippen molar-refractivity contribution in [2.24, 2.45) is 0 Å². The van der Waals surface area contributed by atoms with Gasteiger partial charge in [-0.3, -0.25) is 0 Å². The maximum absolute atomic E-state index is 2.44. The van der Waals surface area contributed by atoms with E-state index in [-0.39, 0.29) is 0 Å². The molecule has 0 aliphatic heterocycles. The van der Waals surface area contributed by atoms with Crippen LogP contribution in [0.3, 0.4) is 0 Å². The van der Waals surface area contributed by atoms with Gasteiger partial charge in [-0.25, -0.2) is 0 Å². The van der Waals surface area contributed by atoms with Crippen LogP contribution < -0.4 is 0 Å². The molecule has 9 aromatic carbocycles. The third kappa shape index (κ3) is 3.60. The van der Waals surface area contributed by atoms with Gasteiger partial charge in [-0.15, -0.1) is 0 Å². The molecule has 0 unspecified atom stereocenters. The average Bonchev–Trinajstić information content (AvgIpc) is 3.11. The lowest BCUT2D eigenvalue weighted by Gasteiger charge is -2.26. The molecule has 0 nitrogen and oxygen atoms in total. The fraction of sp³-hybridized carbons (Fsp3) is 0.0222. The van der Waals surface area contributed by atoms with Crippen LogP contribution >= 0.6 is 0 Å². The molecule has 0 atom stereocenters. The van der Waals surface area contributed by atoms with Crippen LogP contribution in [0.4, 0.5) is 0 Å². The normalized spacial score (nSPS) is 12.4. The highest BCUT2D eigenvalue weighted by molar-refractivity contribution is 6.21. The quantitative estimate of drug-likeness (QED) is 0.182. The molecule has 0 heterocycles. The van der Waals surface area contributed by atoms with Crippen LogP contribution in [0.5, 0.6) is 0 Å². The summed E-state index contributed by atoms with van der Waals surface area (Å²) < 4.78 is 0. The van der Waals surface area contributed by atoms with E-state index in [9.17, 15) is 0 Å². The second kappa shape index (κ2) is 9.39. The summed E-state index contributed by atoms with van der Waals surface area (Å²) >= 11 is 0. The molecule has 208 valence electrons. The number of hydrogen-bond acceptors (Lipinski definition) is 0. The predicted molar refractivity (Wildman–Crippen MR) is 193 cm³/mol. The van der Waals surface area contributed by atoms with Crippen LogP contribution in [0.2, 0.25) is 0 Å². The average molecular weight is 569 g/mol. The zero-order valence-electron chi connectivity index (χ0n) is 24.7. The van der Waals surface area contributed by atoms with Gasteiger partial charge in [0.15, 0.2) is 0 Å². The summed E-state index contributed by atoms with van der Waals surface area (Å²) in [6, 6.07) is 58.7. The Balaban J connectivity index is 1.20. The molecule has 0 radical (unpaired) electrons. The van der Waals surface area contributed by atoms with Crippen molar-refractivity contribution in [3.8, 4) is 33.4 Å². The van der Waals surface area contributed by atoms with E-state index >= 15 is 0 Å². The van der Waals surface area contributed by atoms with E-state index in [0.29, 0.717) is 0 Å². The van der Waals surface area contributed by atoms with Gasteiger partial charge in [0, 0.05) is 0 Å². The molecule has 1 aliphatic rings. The van der Waals surface area contributed by atoms with Gasteiger partial charge in [-0.1, -0.05) is 146 Å². The van der Waals surface area contributed by atoms with E-state index in [1.54, 1.807) is 0 Å². The molecule has 0 saturated heterocycles. The molecule has 0 N–H and O–H groups in total. The van der Waals surface area contributed by atoms with Crippen molar-refractivity contribution >= 4 is 53.9 Å². The molecule has 0 bridgehead atoms. The Kier molecular flexibility index (Phi) is 5.15. The smallest absolute Gasteiger partial charge is 0.000683 e. The lowest BCUT2D eigenvalue weighted by atomic mass is 9.77. The first-order valence-electron chi connectivity index (χ1n) is 15.8. The van der Waals surface area contributed by atoms with Crippen LogP contribution in [-0.4, -0.2) is 0 Å². The second-order valence-corrected chi connectivity index (χ2v) is 12.4. The van der Waals surface area contributed by atoms with Gasteiger partial charge in [0.1, 0.15) is 0 Å². The number of fused-ring (bicyclic) bond motifs is 9. The Hall–Kier alpha value is -5.72. The van der Waals surface area contributed by atoms with Gasteiger partial charge in [0.05, 0.1) is 0 Å². The summed E-state index contributed by atoms with van der Waals surface area (Å²) in [5.74, 6) is 0. The largest absolute Gasteiger partial charge is 0.0622 e. The van der Waals surface area contributed by atoms with E-state index in [0.717, 1.165) is 6.42 Å². The van der Waals surface area contributed by atoms with Crippen molar-refractivity contribution in [1.82, 2.24) is 0 Å². The molecule has 45 heavy (non-hydrogen) atoms. The summed E-state index contributed by atoms with van der Waals surface area (Å²) in [7, 11) is 0. The number of hydrogen-bond donors (Lipinski definition) is 0. The molecule has 0 aromatic heterocycles. The maximum atomic E-state index is 2.44. The SMILES string of the molecule is c1ccc(-c2c3c4c(cccc4c4ccccc24)-c2cc(-c4ccc5ccc6c7ccccc7ccc6c5c4)ccc2C3)cc1. The summed E-state index contributed by atoms with van der Waals surface area (Å²) in [6.07, 6.45) is 0.924. The Labute approximate surface area is 261 Å². The van der Waals surface area contributed by atoms with E-state index in [1.165, 1.54) is 98.4 Å². The molecule has 10 rings (SSSR count). The first-order valence-corrected chi connectivity index (χ1v) is 15.8. The molecular formula is C45H28. The lowest BCUT2D eigenvalue weighted by Crippen LogP contribution is -2.04. The standard InChI is InChI=1S/C45H28/c1-2-10-30(11-3-1)44-38-14-7-6-13-35(38)39-15-8-16-40-42-26-32(19-20-33(42)27-43(44)45(39)40)31-18-17-29-22-23-36-34-12-5-4-9-28(34)21-24-37(36)41(29)25-31/h1-26H,27H2. The highest BCUT2D eigenvalue weighted by Crippen LogP contribution is 2.48. The van der Waals surface area contributed by atoms with Gasteiger partial charge < -0.3 is 0 Å². The fourth-order valence-corrected chi connectivity index (χ4v) is 8.01. The first kappa shape index (κ1) is 24.7. The zero-order valence-corrected chi connectivity index (χ0v) is 24.7. The number of rotatable bonds is 2. The van der Waals surface area contributed by atoms with Crippen molar-refractivity contribution in [2.45, 2.75) is 6.42 Å². The van der Waals surface area contributed by atoms with Crippen LogP contribution in [0.15, 0.2) is 158 Å². The van der Waals surface area contributed by atoms with E-state index in [4.69, 9.17) is 0 Å². The molecular weight excluding hydrogens is 540 g/mol. The van der Waals surface area contributed by atoms with Gasteiger partial charge in [-0.2, -0.15) is 0 Å². The summed E-state index contributed by atoms with van der Waals surface area (Å²) in [5.41, 5.74) is 10.7. The molecule has 9 aromatic rings. The zero-order chi connectivity index (χ0) is 29.5. The minimum absolute atomic E-state index is 0.924. The van der Waals surface area contributed by atoms with Crippen molar-refractivity contribution in [3.63, 3.8) is 0 Å². The van der Waals surface area contributed by atoms with Crippen LogP contribution in [-0.2, 0) is 6.42 Å². The van der Waals surface area contributed by atoms with E-state index in [1.807, 2.05) is 0 Å². The topological polar surface area (TPSA) is 0 Å². The predicted octanol–water partition coefficient (Wildman–Crippen LogP) is 12.4. The lowest BCUT2D eigenvalue weighted by molar-refractivity contribution is 1.20. The minimum Gasteiger partial charge on any atom is -0.0622 e. The molecule has 0 heteroatoms. The monoisotopic (exact) mass is 568 g/mol. The molecule has 0 amide bonds. The summed E-state index contributed by atoms with van der Waals surface area (Å²) in [6.45, 7) is 0. The van der Waals surface area contributed by atoms with Crippen molar-refractivity contribution < 1.29 is 0 Å². The molecule has 0 saturated carbocycles. The van der Waals surface area contributed by atoms with Gasteiger partial charge in [0.25, 0.3) is 0 Å².